The minimum atomic E-state index is -0.106. The number of carbonyl (C=O) groups excluding carboxylic acids is 1. The van der Waals surface area contributed by atoms with Crippen LogP contribution in [0, 0.1) is 0 Å². The Bertz CT molecular complexity index is 1160. The van der Waals surface area contributed by atoms with Gasteiger partial charge in [-0.1, -0.05) is 35.5 Å². The van der Waals surface area contributed by atoms with E-state index in [1.807, 2.05) is 41.3 Å². The van der Waals surface area contributed by atoms with Crippen molar-refractivity contribution in [1.82, 2.24) is 25.2 Å². The maximum atomic E-state index is 13.0. The number of ether oxygens (including phenoxy) is 1. The molecule has 3 aliphatic heterocycles. The van der Waals surface area contributed by atoms with Crippen LogP contribution in [0.3, 0.4) is 0 Å². The summed E-state index contributed by atoms with van der Waals surface area (Å²) in [6.07, 6.45) is 2.78. The van der Waals surface area contributed by atoms with Crippen LogP contribution in [0.15, 0.2) is 53.1 Å². The molecule has 0 saturated carbocycles. The van der Waals surface area contributed by atoms with E-state index >= 15 is 0 Å². The minimum absolute atomic E-state index is 0.106. The Morgan fingerprint density at radius 2 is 1.54 bits per heavy atom. The van der Waals surface area contributed by atoms with Crippen molar-refractivity contribution in [2.45, 2.75) is 18.9 Å². The molecule has 1 atom stereocenters. The summed E-state index contributed by atoms with van der Waals surface area (Å²) in [4.78, 5) is 21.8. The number of aromatic nitrogens is 3. The number of piperazine rings is 2. The molecule has 194 valence electrons. The van der Waals surface area contributed by atoms with E-state index in [0.29, 0.717) is 43.7 Å². The van der Waals surface area contributed by atoms with Gasteiger partial charge in [0.15, 0.2) is 23.1 Å². The van der Waals surface area contributed by atoms with Crippen molar-refractivity contribution < 1.29 is 14.1 Å². The van der Waals surface area contributed by atoms with Gasteiger partial charge < -0.3 is 24.0 Å². The summed E-state index contributed by atoms with van der Waals surface area (Å²) >= 11 is 0. The highest BCUT2D eigenvalue weighted by Crippen LogP contribution is 2.22. The van der Waals surface area contributed by atoms with Crippen LogP contribution in [0.2, 0.25) is 0 Å². The molecule has 10 nitrogen and oxygen atoms in total. The Morgan fingerprint density at radius 3 is 2.16 bits per heavy atom. The van der Waals surface area contributed by atoms with E-state index in [-0.39, 0.29) is 5.91 Å². The van der Waals surface area contributed by atoms with Gasteiger partial charge in [0.2, 0.25) is 0 Å². The van der Waals surface area contributed by atoms with Gasteiger partial charge in [-0.05, 0) is 25.0 Å². The first kappa shape index (κ1) is 23.9. The molecular weight excluding hydrogens is 470 g/mol. The van der Waals surface area contributed by atoms with Crippen LogP contribution >= 0.6 is 0 Å². The van der Waals surface area contributed by atoms with Gasteiger partial charge in [0.1, 0.15) is 0 Å². The monoisotopic (exact) mass is 503 g/mol. The molecule has 0 spiro atoms. The molecule has 0 bridgehead atoms. The van der Waals surface area contributed by atoms with Crippen LogP contribution < -0.4 is 9.80 Å². The van der Waals surface area contributed by atoms with Gasteiger partial charge in [0, 0.05) is 77.1 Å². The fourth-order valence-corrected chi connectivity index (χ4v) is 5.31. The number of hydrogen-bond acceptors (Lipinski definition) is 9. The van der Waals surface area contributed by atoms with E-state index in [9.17, 15) is 4.79 Å². The highest BCUT2D eigenvalue weighted by atomic mass is 16.5. The highest BCUT2D eigenvalue weighted by molar-refractivity contribution is 5.93. The van der Waals surface area contributed by atoms with E-state index in [2.05, 4.69) is 36.1 Å². The standard InChI is InChI=1S/C27H33N7O3/c35-27(23-19-24(37-30-23)21-5-2-1-3-6-21)34-16-14-33(15-17-34)26-9-8-25(28-29-26)32-12-10-31(11-13-32)20-22-7-4-18-36-22/h1-3,5-6,8-9,19,22H,4,7,10-18,20H2. The third kappa shape index (κ3) is 5.45. The fraction of sp³-hybridized carbons (Fsp3) is 0.481. The van der Waals surface area contributed by atoms with Gasteiger partial charge in [-0.25, -0.2) is 0 Å². The lowest BCUT2D eigenvalue weighted by Gasteiger charge is -2.36. The molecular formula is C27H33N7O3. The minimum Gasteiger partial charge on any atom is -0.377 e. The number of hydrogen-bond donors (Lipinski definition) is 0. The average molecular weight is 504 g/mol. The summed E-state index contributed by atoms with van der Waals surface area (Å²) in [5.74, 6) is 2.27. The summed E-state index contributed by atoms with van der Waals surface area (Å²) in [7, 11) is 0. The summed E-state index contributed by atoms with van der Waals surface area (Å²) in [5, 5.41) is 13.1. The first-order valence-corrected chi connectivity index (χ1v) is 13.2. The zero-order valence-corrected chi connectivity index (χ0v) is 21.0. The Morgan fingerprint density at radius 1 is 0.865 bits per heavy atom. The predicted molar refractivity (Wildman–Crippen MR) is 140 cm³/mol. The molecule has 0 N–H and O–H groups in total. The molecule has 37 heavy (non-hydrogen) atoms. The van der Waals surface area contributed by atoms with Crippen molar-refractivity contribution >= 4 is 17.5 Å². The fourth-order valence-electron chi connectivity index (χ4n) is 5.31. The average Bonchev–Trinajstić information content (AvgIpc) is 3.67. The smallest absolute Gasteiger partial charge is 0.276 e. The van der Waals surface area contributed by atoms with E-state index < -0.39 is 0 Å². The molecule has 10 heteroatoms. The molecule has 1 unspecified atom stereocenters. The van der Waals surface area contributed by atoms with Gasteiger partial charge >= 0.3 is 0 Å². The molecule has 6 rings (SSSR count). The van der Waals surface area contributed by atoms with Gasteiger partial charge in [0.25, 0.3) is 5.91 Å². The summed E-state index contributed by atoms with van der Waals surface area (Å²) in [5.41, 5.74) is 1.24. The van der Waals surface area contributed by atoms with Crippen LogP contribution in [0.25, 0.3) is 11.3 Å². The SMILES string of the molecule is O=C(c1cc(-c2ccccc2)on1)N1CCN(c2ccc(N3CCN(CC4CCCO4)CC3)nn2)CC1. The van der Waals surface area contributed by atoms with Crippen molar-refractivity contribution in [3.63, 3.8) is 0 Å². The molecule has 3 aliphatic rings. The van der Waals surface area contributed by atoms with Crippen LogP contribution in [0.1, 0.15) is 23.3 Å². The molecule has 0 radical (unpaired) electrons. The second kappa shape index (κ2) is 10.9. The lowest BCUT2D eigenvalue weighted by atomic mass is 10.1. The maximum absolute atomic E-state index is 13.0. The molecule has 3 saturated heterocycles. The zero-order chi connectivity index (χ0) is 25.0. The molecule has 1 aromatic carbocycles. The van der Waals surface area contributed by atoms with Crippen molar-refractivity contribution in [2.75, 3.05) is 75.3 Å². The van der Waals surface area contributed by atoms with Crippen molar-refractivity contribution in [3.05, 3.63) is 54.2 Å². The number of amides is 1. The first-order chi connectivity index (χ1) is 18.2. The largest absolute Gasteiger partial charge is 0.377 e. The number of benzene rings is 1. The van der Waals surface area contributed by atoms with Gasteiger partial charge in [-0.2, -0.15) is 0 Å². The van der Waals surface area contributed by atoms with Crippen molar-refractivity contribution in [2.24, 2.45) is 0 Å². The predicted octanol–water partition coefficient (Wildman–Crippen LogP) is 2.40. The lowest BCUT2D eigenvalue weighted by molar-refractivity contribution is 0.0712. The number of rotatable bonds is 6. The van der Waals surface area contributed by atoms with Gasteiger partial charge in [0.05, 0.1) is 6.10 Å². The molecule has 3 fully saturated rings. The van der Waals surface area contributed by atoms with Crippen molar-refractivity contribution in [3.8, 4) is 11.3 Å². The van der Waals surface area contributed by atoms with E-state index in [1.54, 1.807) is 6.07 Å². The van der Waals surface area contributed by atoms with Crippen LogP contribution in [-0.2, 0) is 4.74 Å². The zero-order valence-electron chi connectivity index (χ0n) is 21.0. The molecule has 2 aromatic heterocycles. The van der Waals surface area contributed by atoms with Crippen LogP contribution in [-0.4, -0.2) is 103 Å². The normalized spacial score (nSPS) is 21.0. The van der Waals surface area contributed by atoms with E-state index in [4.69, 9.17) is 9.26 Å². The van der Waals surface area contributed by atoms with Crippen LogP contribution in [0.4, 0.5) is 11.6 Å². The Kier molecular flexibility index (Phi) is 7.00. The third-order valence-electron chi connectivity index (χ3n) is 7.50. The second-order valence-electron chi connectivity index (χ2n) is 9.89. The Labute approximate surface area is 216 Å². The van der Waals surface area contributed by atoms with E-state index in [0.717, 1.165) is 56.5 Å². The summed E-state index contributed by atoms with van der Waals surface area (Å²) in [6, 6.07) is 15.5. The first-order valence-electron chi connectivity index (χ1n) is 13.2. The van der Waals surface area contributed by atoms with Gasteiger partial charge in [-0.3, -0.25) is 9.69 Å². The third-order valence-corrected chi connectivity index (χ3v) is 7.50. The second-order valence-corrected chi connectivity index (χ2v) is 9.89. The maximum Gasteiger partial charge on any atom is 0.276 e. The molecule has 3 aromatic rings. The Balaban J connectivity index is 0.989. The van der Waals surface area contributed by atoms with E-state index in [1.165, 1.54) is 12.8 Å². The molecule has 5 heterocycles. The quantitative estimate of drug-likeness (QED) is 0.503. The highest BCUT2D eigenvalue weighted by Gasteiger charge is 2.27. The topological polar surface area (TPSA) is 91.1 Å². The summed E-state index contributed by atoms with van der Waals surface area (Å²) in [6.45, 7) is 8.51. The number of carbonyl (C=O) groups is 1. The summed E-state index contributed by atoms with van der Waals surface area (Å²) < 4.78 is 11.2. The van der Waals surface area contributed by atoms with Crippen molar-refractivity contribution in [1.29, 1.82) is 0 Å². The van der Waals surface area contributed by atoms with Crippen LogP contribution in [0.5, 0.6) is 0 Å². The Hall–Kier alpha value is -3.50. The molecule has 1 amide bonds. The van der Waals surface area contributed by atoms with Gasteiger partial charge in [-0.15, -0.1) is 10.2 Å². The number of nitrogens with zero attached hydrogens (tertiary/aromatic N) is 7. The number of anilines is 2. The molecule has 0 aliphatic carbocycles. The lowest BCUT2D eigenvalue weighted by Crippen LogP contribution is -2.49.